The topological polar surface area (TPSA) is 115 Å². The third-order valence-electron chi connectivity index (χ3n) is 3.68. The fraction of sp³-hybridized carbons (Fsp3) is 0.400. The minimum atomic E-state index is -0.530. The van der Waals surface area contributed by atoms with E-state index in [-0.39, 0.29) is 12.1 Å². The van der Waals surface area contributed by atoms with E-state index in [2.05, 4.69) is 15.4 Å². The largest absolute Gasteiger partial charge is 0.363 e. The van der Waals surface area contributed by atoms with Gasteiger partial charge in [0.15, 0.2) is 0 Å². The van der Waals surface area contributed by atoms with Crippen LogP contribution >= 0.6 is 0 Å². The Balaban J connectivity index is 2.15. The van der Waals surface area contributed by atoms with E-state index in [0.29, 0.717) is 11.3 Å². The van der Waals surface area contributed by atoms with Gasteiger partial charge < -0.3 is 9.80 Å². The Hall–Kier alpha value is -2.99. The fourth-order valence-corrected chi connectivity index (χ4v) is 2.37. The highest BCUT2D eigenvalue weighted by molar-refractivity contribution is 5.85. The molecule has 1 aliphatic rings. The number of nitriles is 1. The first-order valence-electron chi connectivity index (χ1n) is 7.42. The highest BCUT2D eigenvalue weighted by Crippen LogP contribution is 2.29. The van der Waals surface area contributed by atoms with Crippen molar-refractivity contribution in [3.63, 3.8) is 0 Å². The lowest BCUT2D eigenvalue weighted by atomic mass is 10.1. The molecule has 1 heterocycles. The van der Waals surface area contributed by atoms with Crippen molar-refractivity contribution in [3.8, 4) is 6.07 Å². The molecule has 1 aromatic carbocycles. The van der Waals surface area contributed by atoms with Gasteiger partial charge in [-0.15, -0.1) is 0 Å². The Bertz CT molecular complexity index is 689. The Morgan fingerprint density at radius 1 is 1.46 bits per heavy atom. The predicted molar refractivity (Wildman–Crippen MR) is 88.8 cm³/mol. The average molecular weight is 330 g/mol. The number of rotatable bonds is 5. The van der Waals surface area contributed by atoms with Crippen molar-refractivity contribution < 1.29 is 9.72 Å². The summed E-state index contributed by atoms with van der Waals surface area (Å²) < 4.78 is 0. The number of carbonyl (C=O) groups excluding carboxylic acids is 1. The summed E-state index contributed by atoms with van der Waals surface area (Å²) >= 11 is 0. The van der Waals surface area contributed by atoms with Crippen molar-refractivity contribution >= 4 is 23.5 Å². The third kappa shape index (κ3) is 4.50. The van der Waals surface area contributed by atoms with Crippen LogP contribution in [0.1, 0.15) is 12.0 Å². The standard InChI is InChI=1S/C15H18N6O3/c1-19-6-8-20(9-7-19)13-3-2-12(10-14(13)21(23)24)11-17-18-15(22)4-5-16/h2-3,10-11H,4,6-9H2,1H3,(H,18,22). The van der Waals surface area contributed by atoms with Crippen LogP contribution in [0.3, 0.4) is 0 Å². The Morgan fingerprint density at radius 3 is 2.79 bits per heavy atom. The molecule has 0 radical (unpaired) electrons. The van der Waals surface area contributed by atoms with Crippen LogP contribution in [0.25, 0.3) is 0 Å². The van der Waals surface area contributed by atoms with Crippen molar-refractivity contribution in [2.45, 2.75) is 6.42 Å². The number of nitro groups is 1. The van der Waals surface area contributed by atoms with E-state index in [1.165, 1.54) is 12.3 Å². The first-order valence-corrected chi connectivity index (χ1v) is 7.42. The van der Waals surface area contributed by atoms with E-state index in [1.54, 1.807) is 18.2 Å². The number of hydrogen-bond donors (Lipinski definition) is 1. The quantitative estimate of drug-likeness (QED) is 0.483. The molecule has 1 aromatic rings. The maximum absolute atomic E-state index is 11.4. The number of piperazine rings is 1. The molecular weight excluding hydrogens is 312 g/mol. The molecule has 0 unspecified atom stereocenters. The first-order chi connectivity index (χ1) is 11.5. The molecule has 24 heavy (non-hydrogen) atoms. The number of hydrazone groups is 1. The molecule has 0 bridgehead atoms. The van der Waals surface area contributed by atoms with Crippen molar-refractivity contribution in [1.29, 1.82) is 5.26 Å². The van der Waals surface area contributed by atoms with Crippen LogP contribution in [0.2, 0.25) is 0 Å². The van der Waals surface area contributed by atoms with E-state index in [4.69, 9.17) is 5.26 Å². The number of benzene rings is 1. The maximum Gasteiger partial charge on any atom is 0.293 e. The lowest BCUT2D eigenvalue weighted by Gasteiger charge is -2.33. The van der Waals surface area contributed by atoms with E-state index < -0.39 is 10.8 Å². The summed E-state index contributed by atoms with van der Waals surface area (Å²) in [4.78, 5) is 26.2. The van der Waals surface area contributed by atoms with Gasteiger partial charge in [0.2, 0.25) is 0 Å². The molecule has 1 saturated heterocycles. The highest BCUT2D eigenvalue weighted by atomic mass is 16.6. The second-order valence-corrected chi connectivity index (χ2v) is 5.42. The number of nitro benzene ring substituents is 1. The minimum absolute atomic E-state index is 0.00635. The van der Waals surface area contributed by atoms with Crippen LogP contribution < -0.4 is 10.3 Å². The maximum atomic E-state index is 11.4. The van der Waals surface area contributed by atoms with E-state index in [1.807, 2.05) is 11.9 Å². The predicted octanol–water partition coefficient (Wildman–Crippen LogP) is 0.710. The number of nitrogens with one attached hydrogen (secondary N) is 1. The zero-order valence-electron chi connectivity index (χ0n) is 13.3. The van der Waals surface area contributed by atoms with Crippen LogP contribution in [0.4, 0.5) is 11.4 Å². The molecule has 9 heteroatoms. The summed E-state index contributed by atoms with van der Waals surface area (Å²) in [6, 6.07) is 6.53. The van der Waals surface area contributed by atoms with Crippen LogP contribution in [0.15, 0.2) is 23.3 Å². The summed E-state index contributed by atoms with van der Waals surface area (Å²) in [5.74, 6) is -0.530. The Morgan fingerprint density at radius 2 is 2.17 bits per heavy atom. The van der Waals surface area contributed by atoms with Crippen LogP contribution in [0, 0.1) is 21.4 Å². The number of anilines is 1. The second kappa shape index (κ2) is 8.03. The average Bonchev–Trinajstić information content (AvgIpc) is 2.56. The first kappa shape index (κ1) is 17.4. The van der Waals surface area contributed by atoms with Crippen molar-refractivity contribution in [3.05, 3.63) is 33.9 Å². The molecule has 1 amide bonds. The molecule has 1 fully saturated rings. The minimum Gasteiger partial charge on any atom is -0.363 e. The Kier molecular flexibility index (Phi) is 5.81. The Labute approximate surface area is 139 Å². The summed E-state index contributed by atoms with van der Waals surface area (Å²) in [5.41, 5.74) is 3.27. The SMILES string of the molecule is CN1CCN(c2ccc(C=NNC(=O)CC#N)cc2[N+](=O)[O-])CC1. The third-order valence-corrected chi connectivity index (χ3v) is 3.68. The number of amides is 1. The van der Waals surface area contributed by atoms with Gasteiger partial charge in [-0.3, -0.25) is 14.9 Å². The molecule has 1 aliphatic heterocycles. The fourth-order valence-electron chi connectivity index (χ4n) is 2.37. The van der Waals surface area contributed by atoms with Gasteiger partial charge in [-0.1, -0.05) is 6.07 Å². The zero-order chi connectivity index (χ0) is 17.5. The number of carbonyl (C=O) groups is 1. The van der Waals surface area contributed by atoms with Crippen molar-refractivity contribution in [2.24, 2.45) is 5.10 Å². The summed E-state index contributed by atoms with van der Waals surface area (Å²) in [7, 11) is 2.02. The van der Waals surface area contributed by atoms with Gasteiger partial charge in [0.1, 0.15) is 12.1 Å². The van der Waals surface area contributed by atoms with E-state index in [0.717, 1.165) is 26.2 Å². The highest BCUT2D eigenvalue weighted by Gasteiger charge is 2.22. The van der Waals surface area contributed by atoms with Crippen molar-refractivity contribution in [2.75, 3.05) is 38.1 Å². The van der Waals surface area contributed by atoms with Gasteiger partial charge >= 0.3 is 0 Å². The smallest absolute Gasteiger partial charge is 0.293 e. The van der Waals surface area contributed by atoms with Gasteiger partial charge in [0.25, 0.3) is 11.6 Å². The molecule has 1 N–H and O–H groups in total. The van der Waals surface area contributed by atoms with Gasteiger partial charge in [0, 0.05) is 37.8 Å². The van der Waals surface area contributed by atoms with Crippen molar-refractivity contribution in [1.82, 2.24) is 10.3 Å². The molecular formula is C15H18N6O3. The monoisotopic (exact) mass is 330 g/mol. The number of likely N-dealkylation sites (N-methyl/N-ethyl adjacent to an activating group) is 1. The molecule has 9 nitrogen and oxygen atoms in total. The van der Waals surface area contributed by atoms with Crippen LogP contribution in [-0.4, -0.2) is 55.2 Å². The lowest BCUT2D eigenvalue weighted by Crippen LogP contribution is -2.44. The second-order valence-electron chi connectivity index (χ2n) is 5.42. The molecule has 2 rings (SSSR count). The van der Waals surface area contributed by atoms with E-state index in [9.17, 15) is 14.9 Å². The van der Waals surface area contributed by atoms with Crippen LogP contribution in [0.5, 0.6) is 0 Å². The summed E-state index contributed by atoms with van der Waals surface area (Å²) in [5, 5.41) is 23.4. The van der Waals surface area contributed by atoms with Gasteiger partial charge in [0.05, 0.1) is 17.2 Å². The molecule has 0 atom stereocenters. The number of nitrogens with zero attached hydrogens (tertiary/aromatic N) is 5. The van der Waals surface area contributed by atoms with E-state index >= 15 is 0 Å². The zero-order valence-corrected chi connectivity index (χ0v) is 13.3. The molecule has 0 aromatic heterocycles. The summed E-state index contributed by atoms with van der Waals surface area (Å²) in [6.45, 7) is 3.17. The molecule has 0 saturated carbocycles. The van der Waals surface area contributed by atoms with Gasteiger partial charge in [-0.25, -0.2) is 5.43 Å². The molecule has 0 spiro atoms. The van der Waals surface area contributed by atoms with Crippen LogP contribution in [-0.2, 0) is 4.79 Å². The van der Waals surface area contributed by atoms with Gasteiger partial charge in [-0.05, 0) is 13.1 Å². The van der Waals surface area contributed by atoms with Gasteiger partial charge in [-0.2, -0.15) is 10.4 Å². The number of hydrogen-bond acceptors (Lipinski definition) is 7. The normalized spacial score (nSPS) is 15.2. The summed E-state index contributed by atoms with van der Waals surface area (Å²) in [6.07, 6.45) is 1.02. The lowest BCUT2D eigenvalue weighted by molar-refractivity contribution is -0.384. The molecule has 0 aliphatic carbocycles. The molecule has 126 valence electrons.